The summed E-state index contributed by atoms with van der Waals surface area (Å²) >= 11 is 0. The van der Waals surface area contributed by atoms with Crippen molar-refractivity contribution in [2.45, 2.75) is 0 Å². The molecule has 0 bridgehead atoms. The second-order valence-electron chi connectivity index (χ2n) is 4.26. The van der Waals surface area contributed by atoms with Crippen molar-refractivity contribution in [2.24, 2.45) is 0 Å². The van der Waals surface area contributed by atoms with Crippen molar-refractivity contribution < 1.29 is 14.7 Å². The van der Waals surface area contributed by atoms with Crippen molar-refractivity contribution in [1.29, 1.82) is 0 Å². The van der Waals surface area contributed by atoms with Gasteiger partial charge >= 0.3 is 5.97 Å². The highest BCUT2D eigenvalue weighted by molar-refractivity contribution is 6.09. The maximum absolute atomic E-state index is 12.1. The first-order valence-corrected chi connectivity index (χ1v) is 6.09. The molecule has 0 unspecified atom stereocenters. The van der Waals surface area contributed by atoms with Gasteiger partial charge in [0, 0.05) is 6.20 Å². The number of hydrogen-bond donors (Lipinski definition) is 3. The van der Waals surface area contributed by atoms with E-state index < -0.39 is 11.9 Å². The number of rotatable bonds is 3. The van der Waals surface area contributed by atoms with E-state index in [1.807, 2.05) is 18.2 Å². The van der Waals surface area contributed by atoms with Crippen LogP contribution >= 0.6 is 0 Å². The van der Waals surface area contributed by atoms with E-state index in [0.29, 0.717) is 5.52 Å². The van der Waals surface area contributed by atoms with Crippen LogP contribution in [0.4, 0.5) is 5.95 Å². The molecule has 0 spiro atoms. The average molecular weight is 282 g/mol. The van der Waals surface area contributed by atoms with E-state index in [4.69, 9.17) is 5.11 Å². The summed E-state index contributed by atoms with van der Waals surface area (Å²) in [6.07, 6.45) is 1.32. The van der Waals surface area contributed by atoms with Crippen molar-refractivity contribution in [3.8, 4) is 0 Å². The predicted octanol–water partition coefficient (Wildman–Crippen LogP) is 1.91. The van der Waals surface area contributed by atoms with Gasteiger partial charge in [0.05, 0.1) is 16.6 Å². The Morgan fingerprint density at radius 1 is 1.14 bits per heavy atom. The van der Waals surface area contributed by atoms with Gasteiger partial charge in [-0.15, -0.1) is 0 Å². The lowest BCUT2D eigenvalue weighted by molar-refractivity contribution is 0.0686. The third-order valence-electron chi connectivity index (χ3n) is 2.88. The van der Waals surface area contributed by atoms with Crippen molar-refractivity contribution in [2.75, 3.05) is 5.32 Å². The molecule has 0 atom stereocenters. The average Bonchev–Trinajstić information content (AvgIpc) is 2.89. The van der Waals surface area contributed by atoms with Gasteiger partial charge in [-0.2, -0.15) is 0 Å². The van der Waals surface area contributed by atoms with Crippen LogP contribution in [0.15, 0.2) is 42.6 Å². The van der Waals surface area contributed by atoms with Gasteiger partial charge in [0.15, 0.2) is 5.69 Å². The Kier molecular flexibility index (Phi) is 3.07. The first-order valence-electron chi connectivity index (χ1n) is 6.09. The van der Waals surface area contributed by atoms with Crippen LogP contribution in [0.3, 0.4) is 0 Å². The molecule has 0 fully saturated rings. The first kappa shape index (κ1) is 12.8. The number of carbonyl (C=O) groups excluding carboxylic acids is 1. The largest absolute Gasteiger partial charge is 0.476 e. The van der Waals surface area contributed by atoms with Crippen LogP contribution in [0.5, 0.6) is 0 Å². The van der Waals surface area contributed by atoms with E-state index in [9.17, 15) is 9.59 Å². The molecule has 0 saturated carbocycles. The summed E-state index contributed by atoms with van der Waals surface area (Å²) in [6.45, 7) is 0. The number of carboxylic acids is 1. The number of nitrogens with zero attached hydrogens (tertiary/aromatic N) is 2. The molecule has 0 aliphatic rings. The molecule has 1 amide bonds. The quantitative estimate of drug-likeness (QED) is 0.680. The number of pyridine rings is 1. The number of hydrogen-bond acceptors (Lipinski definition) is 4. The number of carbonyl (C=O) groups is 2. The number of imidazole rings is 1. The number of H-pyrrole nitrogens is 1. The number of anilines is 1. The summed E-state index contributed by atoms with van der Waals surface area (Å²) in [4.78, 5) is 34.0. The second-order valence-corrected chi connectivity index (χ2v) is 4.26. The van der Waals surface area contributed by atoms with E-state index in [0.717, 1.165) is 5.52 Å². The molecule has 0 radical (unpaired) electrons. The molecule has 0 aliphatic heterocycles. The zero-order chi connectivity index (χ0) is 14.8. The molecule has 3 N–H and O–H groups in total. The Labute approximate surface area is 118 Å². The summed E-state index contributed by atoms with van der Waals surface area (Å²) < 4.78 is 0. The van der Waals surface area contributed by atoms with Crippen LogP contribution in [0.1, 0.15) is 20.8 Å². The van der Waals surface area contributed by atoms with Gasteiger partial charge in [-0.1, -0.05) is 12.1 Å². The van der Waals surface area contributed by atoms with E-state index >= 15 is 0 Å². The fraction of sp³-hybridized carbons (Fsp3) is 0. The van der Waals surface area contributed by atoms with Gasteiger partial charge in [-0.05, 0) is 24.3 Å². The monoisotopic (exact) mass is 282 g/mol. The molecule has 21 heavy (non-hydrogen) atoms. The van der Waals surface area contributed by atoms with Gasteiger partial charge in [-0.25, -0.2) is 14.8 Å². The van der Waals surface area contributed by atoms with E-state index in [2.05, 4.69) is 20.3 Å². The van der Waals surface area contributed by atoms with Crippen LogP contribution in [0.2, 0.25) is 0 Å². The highest BCUT2D eigenvalue weighted by Crippen LogP contribution is 2.15. The van der Waals surface area contributed by atoms with Crippen molar-refractivity contribution >= 4 is 28.9 Å². The zero-order valence-electron chi connectivity index (χ0n) is 10.7. The number of carboxylic acid groups (broad SMARTS) is 1. The number of aromatic nitrogens is 3. The number of amides is 1. The van der Waals surface area contributed by atoms with Gasteiger partial charge < -0.3 is 10.1 Å². The fourth-order valence-electron chi connectivity index (χ4n) is 1.95. The molecule has 2 heterocycles. The molecule has 104 valence electrons. The number of aromatic carboxylic acids is 1. The van der Waals surface area contributed by atoms with Crippen LogP contribution in [0.25, 0.3) is 11.0 Å². The molecular weight excluding hydrogens is 272 g/mol. The molecule has 7 heteroatoms. The smallest absolute Gasteiger partial charge is 0.355 e. The first-order chi connectivity index (χ1) is 10.1. The molecule has 0 saturated heterocycles. The summed E-state index contributed by atoms with van der Waals surface area (Å²) in [7, 11) is 0. The molecule has 1 aromatic carbocycles. The molecule has 0 aliphatic carbocycles. The minimum atomic E-state index is -1.26. The van der Waals surface area contributed by atoms with Gasteiger partial charge in [0.25, 0.3) is 5.91 Å². The Hall–Kier alpha value is -3.22. The van der Waals surface area contributed by atoms with Gasteiger partial charge in [0.2, 0.25) is 5.95 Å². The van der Waals surface area contributed by atoms with Crippen LogP contribution in [0, 0.1) is 0 Å². The lowest BCUT2D eigenvalue weighted by Gasteiger charge is -2.04. The molecular formula is C14H10N4O3. The van der Waals surface area contributed by atoms with Crippen LogP contribution in [-0.4, -0.2) is 31.9 Å². The van der Waals surface area contributed by atoms with Crippen LogP contribution < -0.4 is 5.32 Å². The van der Waals surface area contributed by atoms with E-state index in [-0.39, 0.29) is 17.2 Å². The van der Waals surface area contributed by atoms with Crippen molar-refractivity contribution in [1.82, 2.24) is 15.0 Å². The summed E-state index contributed by atoms with van der Waals surface area (Å²) in [6, 6.07) is 10.2. The predicted molar refractivity (Wildman–Crippen MR) is 75.2 cm³/mol. The number of nitrogens with one attached hydrogen (secondary N) is 2. The topological polar surface area (TPSA) is 108 Å². The third-order valence-corrected chi connectivity index (χ3v) is 2.88. The minimum Gasteiger partial charge on any atom is -0.476 e. The minimum absolute atomic E-state index is 0.0227. The van der Waals surface area contributed by atoms with Gasteiger partial charge in [-0.3, -0.25) is 10.1 Å². The Morgan fingerprint density at radius 3 is 2.71 bits per heavy atom. The van der Waals surface area contributed by atoms with Crippen molar-refractivity contribution in [3.63, 3.8) is 0 Å². The van der Waals surface area contributed by atoms with Gasteiger partial charge in [0.1, 0.15) is 0 Å². The Bertz CT molecular complexity index is 808. The lowest BCUT2D eigenvalue weighted by Crippen LogP contribution is -2.18. The highest BCUT2D eigenvalue weighted by Gasteiger charge is 2.18. The highest BCUT2D eigenvalue weighted by atomic mass is 16.4. The molecule has 3 rings (SSSR count). The number of aromatic amines is 1. The van der Waals surface area contributed by atoms with Crippen LogP contribution in [-0.2, 0) is 0 Å². The maximum atomic E-state index is 12.1. The third kappa shape index (κ3) is 2.44. The normalized spacial score (nSPS) is 10.5. The summed E-state index contributed by atoms with van der Waals surface area (Å²) in [5.41, 5.74) is 1.16. The van der Waals surface area contributed by atoms with E-state index in [1.54, 1.807) is 6.07 Å². The standard InChI is InChI=1S/C14H10N4O3/c19-12(8-4-3-7-15-11(8)13(20)21)18-14-16-9-5-1-2-6-10(9)17-14/h1-7H,(H,20,21)(H2,16,17,18,19). The summed E-state index contributed by atoms with van der Waals surface area (Å²) in [5.74, 6) is -1.59. The Morgan fingerprint density at radius 2 is 1.95 bits per heavy atom. The SMILES string of the molecule is O=C(Nc1nc2ccccc2[nH]1)c1cccnc1C(=O)O. The molecule has 3 aromatic rings. The summed E-state index contributed by atoms with van der Waals surface area (Å²) in [5, 5.41) is 11.6. The second kappa shape index (κ2) is 5.04. The number of para-hydroxylation sites is 2. The lowest BCUT2D eigenvalue weighted by atomic mass is 10.2. The maximum Gasteiger partial charge on any atom is 0.355 e. The Balaban J connectivity index is 1.91. The van der Waals surface area contributed by atoms with Crippen molar-refractivity contribution in [3.05, 3.63) is 53.9 Å². The number of fused-ring (bicyclic) bond motifs is 1. The number of benzene rings is 1. The fourth-order valence-corrected chi connectivity index (χ4v) is 1.95. The molecule has 7 nitrogen and oxygen atoms in total. The molecule has 2 aromatic heterocycles. The zero-order valence-corrected chi connectivity index (χ0v) is 10.7. The van der Waals surface area contributed by atoms with E-state index in [1.165, 1.54) is 18.3 Å².